The lowest BCUT2D eigenvalue weighted by Gasteiger charge is -2.37. The van der Waals surface area contributed by atoms with Crippen LogP contribution in [-0.2, 0) is 25.7 Å². The molecule has 2 heterocycles. The molecule has 7 rings (SSSR count). The van der Waals surface area contributed by atoms with Gasteiger partial charge in [-0.2, -0.15) is 10.1 Å². The molecular formula is C24H23N3O4. The van der Waals surface area contributed by atoms with Crippen LogP contribution in [-0.4, -0.2) is 40.2 Å². The molecule has 6 atom stereocenters. The number of ether oxygens (including phenoxy) is 1. The first-order chi connectivity index (χ1) is 15.1. The van der Waals surface area contributed by atoms with Crippen molar-refractivity contribution >= 4 is 34.9 Å². The summed E-state index contributed by atoms with van der Waals surface area (Å²) in [4.78, 5) is 38.2. The molecule has 2 saturated carbocycles. The van der Waals surface area contributed by atoms with Crippen LogP contribution in [0.2, 0.25) is 0 Å². The zero-order valence-corrected chi connectivity index (χ0v) is 17.2. The lowest BCUT2D eigenvalue weighted by molar-refractivity contribution is -0.144. The molecule has 1 aromatic heterocycles. The number of carbonyl (C=O) groups excluding carboxylic acids is 3. The minimum atomic E-state index is -0.317. The van der Waals surface area contributed by atoms with E-state index in [2.05, 4.69) is 17.3 Å². The van der Waals surface area contributed by atoms with Gasteiger partial charge in [-0.15, -0.1) is 0 Å². The molecule has 0 spiro atoms. The van der Waals surface area contributed by atoms with Gasteiger partial charge >= 0.3 is 5.97 Å². The first-order valence-electron chi connectivity index (χ1n) is 10.9. The van der Waals surface area contributed by atoms with Crippen molar-refractivity contribution < 1.29 is 19.1 Å². The maximum atomic E-state index is 13.1. The lowest BCUT2D eigenvalue weighted by Crippen LogP contribution is -2.40. The lowest BCUT2D eigenvalue weighted by atomic mass is 9.63. The summed E-state index contributed by atoms with van der Waals surface area (Å²) >= 11 is 0. The van der Waals surface area contributed by atoms with Crippen molar-refractivity contribution in [2.45, 2.75) is 19.9 Å². The van der Waals surface area contributed by atoms with E-state index in [0.717, 1.165) is 27.9 Å². The van der Waals surface area contributed by atoms with E-state index in [1.54, 1.807) is 17.7 Å². The number of hydrogen-bond donors (Lipinski definition) is 0. The number of fused-ring (bicyclic) bond motifs is 1. The SMILES string of the molecule is CCOC(=O)Cn1cc(/C=N\N2C(=O)[C@@H]3[C@H]4C=C[C@@H]([C@@H]5C[C@@H]45)[C@@H]3C2=O)c2ccccc21. The second kappa shape index (κ2) is 6.64. The van der Waals surface area contributed by atoms with Crippen molar-refractivity contribution in [3.63, 3.8) is 0 Å². The van der Waals surface area contributed by atoms with Gasteiger partial charge in [-0.1, -0.05) is 30.4 Å². The number of aromatic nitrogens is 1. The van der Waals surface area contributed by atoms with Crippen LogP contribution in [0.5, 0.6) is 0 Å². The molecule has 1 aromatic carbocycles. The number of amides is 2. The largest absolute Gasteiger partial charge is 0.465 e. The Hall–Kier alpha value is -3.22. The van der Waals surface area contributed by atoms with E-state index in [-0.39, 0.29) is 48.0 Å². The van der Waals surface area contributed by atoms with Crippen molar-refractivity contribution in [3.8, 4) is 0 Å². The first-order valence-corrected chi connectivity index (χ1v) is 10.9. The Kier molecular flexibility index (Phi) is 3.97. The molecular weight excluding hydrogens is 394 g/mol. The van der Waals surface area contributed by atoms with Crippen LogP contribution < -0.4 is 0 Å². The van der Waals surface area contributed by atoms with Gasteiger partial charge in [-0.25, -0.2) is 0 Å². The van der Waals surface area contributed by atoms with E-state index in [1.807, 2.05) is 30.5 Å². The Morgan fingerprint density at radius 1 is 1.13 bits per heavy atom. The molecule has 5 aliphatic rings. The molecule has 4 aliphatic carbocycles. The highest BCUT2D eigenvalue weighted by Gasteiger charge is 2.67. The van der Waals surface area contributed by atoms with Gasteiger partial charge in [0.15, 0.2) is 0 Å². The van der Waals surface area contributed by atoms with Crippen LogP contribution in [0.3, 0.4) is 0 Å². The maximum Gasteiger partial charge on any atom is 0.325 e. The molecule has 2 bridgehead atoms. The summed E-state index contributed by atoms with van der Waals surface area (Å²) in [6.45, 7) is 2.19. The van der Waals surface area contributed by atoms with Crippen molar-refractivity contribution in [3.05, 3.63) is 48.2 Å². The van der Waals surface area contributed by atoms with Gasteiger partial charge in [0.25, 0.3) is 11.8 Å². The van der Waals surface area contributed by atoms with Crippen LogP contribution in [0.15, 0.2) is 47.7 Å². The normalized spacial score (nSPS) is 32.7. The van der Waals surface area contributed by atoms with Gasteiger partial charge in [0.1, 0.15) is 6.54 Å². The molecule has 0 N–H and O–H groups in total. The van der Waals surface area contributed by atoms with Crippen LogP contribution in [0.4, 0.5) is 0 Å². The van der Waals surface area contributed by atoms with Crippen LogP contribution >= 0.6 is 0 Å². The molecule has 0 radical (unpaired) electrons. The molecule has 7 heteroatoms. The fourth-order valence-electron chi connectivity index (χ4n) is 6.03. The van der Waals surface area contributed by atoms with Gasteiger partial charge in [-0.05, 0) is 43.1 Å². The fraction of sp³-hybridized carbons (Fsp3) is 0.417. The summed E-state index contributed by atoms with van der Waals surface area (Å²) in [7, 11) is 0. The van der Waals surface area contributed by atoms with Gasteiger partial charge in [0.2, 0.25) is 0 Å². The summed E-state index contributed by atoms with van der Waals surface area (Å²) in [5.41, 5.74) is 1.62. The third kappa shape index (κ3) is 2.65. The number of para-hydroxylation sites is 1. The van der Waals surface area contributed by atoms with E-state index < -0.39 is 0 Å². The molecule has 1 aliphatic heterocycles. The standard InChI is InChI=1S/C24H23N3O4/c1-2-31-20(28)12-26-11-13(14-5-3-4-6-19(14)26)10-25-27-23(29)21-15-7-8-16(18-9-17(15)18)22(21)24(27)30/h3-8,10-11,15-18,21-22H,2,9,12H2,1H3/b25-10-/t15-,16-,17-,18-,21-,22+/m0/s1. The van der Waals surface area contributed by atoms with Crippen molar-refractivity contribution in [1.82, 2.24) is 9.58 Å². The Morgan fingerprint density at radius 3 is 2.48 bits per heavy atom. The highest BCUT2D eigenvalue weighted by atomic mass is 16.5. The van der Waals surface area contributed by atoms with Crippen LogP contribution in [0, 0.1) is 35.5 Å². The van der Waals surface area contributed by atoms with E-state index >= 15 is 0 Å². The number of esters is 1. The quantitative estimate of drug-likeness (QED) is 0.324. The number of nitrogens with zero attached hydrogens (tertiary/aromatic N) is 3. The van der Waals surface area contributed by atoms with E-state index in [9.17, 15) is 14.4 Å². The zero-order valence-electron chi connectivity index (χ0n) is 17.2. The third-order valence-electron chi connectivity index (χ3n) is 7.38. The Labute approximate surface area is 179 Å². The molecule has 2 amide bonds. The highest BCUT2D eigenvalue weighted by Crippen LogP contribution is 2.65. The van der Waals surface area contributed by atoms with Gasteiger partial charge in [0.05, 0.1) is 24.7 Å². The molecule has 0 unspecified atom stereocenters. The summed E-state index contributed by atoms with van der Waals surface area (Å²) < 4.78 is 6.87. The van der Waals surface area contributed by atoms with Crippen molar-refractivity contribution in [2.24, 2.45) is 40.6 Å². The minimum absolute atomic E-state index is 0.0890. The molecule has 3 fully saturated rings. The first kappa shape index (κ1) is 18.5. The van der Waals surface area contributed by atoms with Crippen molar-refractivity contribution in [2.75, 3.05) is 6.61 Å². The van der Waals surface area contributed by atoms with Crippen LogP contribution in [0.1, 0.15) is 18.9 Å². The zero-order chi connectivity index (χ0) is 21.3. The predicted octanol–water partition coefficient (Wildman–Crippen LogP) is 2.59. The summed E-state index contributed by atoms with van der Waals surface area (Å²) in [5.74, 6) is 0.323. The summed E-state index contributed by atoms with van der Waals surface area (Å²) in [6, 6.07) is 7.66. The fourth-order valence-corrected chi connectivity index (χ4v) is 6.03. The van der Waals surface area contributed by atoms with Gasteiger partial charge < -0.3 is 9.30 Å². The Morgan fingerprint density at radius 2 is 1.81 bits per heavy atom. The molecule has 2 aromatic rings. The van der Waals surface area contributed by atoms with E-state index in [1.165, 1.54) is 0 Å². The summed E-state index contributed by atoms with van der Waals surface area (Å²) in [6.07, 6.45) is 8.82. The second-order valence-corrected chi connectivity index (χ2v) is 8.92. The average molecular weight is 417 g/mol. The topological polar surface area (TPSA) is 81.0 Å². The molecule has 158 valence electrons. The number of imide groups is 1. The minimum Gasteiger partial charge on any atom is -0.465 e. The van der Waals surface area contributed by atoms with E-state index in [0.29, 0.717) is 18.4 Å². The maximum absolute atomic E-state index is 13.1. The number of hydrazone groups is 1. The molecule has 7 nitrogen and oxygen atoms in total. The average Bonchev–Trinajstić information content (AvgIpc) is 3.48. The van der Waals surface area contributed by atoms with Gasteiger partial charge in [0, 0.05) is 22.7 Å². The predicted molar refractivity (Wildman–Crippen MR) is 113 cm³/mol. The Bertz CT molecular complexity index is 1140. The van der Waals surface area contributed by atoms with Gasteiger partial charge in [-0.3, -0.25) is 14.4 Å². The van der Waals surface area contributed by atoms with Crippen LogP contribution in [0.25, 0.3) is 10.9 Å². The number of benzene rings is 1. The third-order valence-corrected chi connectivity index (χ3v) is 7.38. The number of hydrogen-bond acceptors (Lipinski definition) is 5. The number of carbonyl (C=O) groups is 3. The number of allylic oxidation sites excluding steroid dienone is 2. The summed E-state index contributed by atoms with van der Waals surface area (Å²) in [5, 5.41) is 6.33. The smallest absolute Gasteiger partial charge is 0.325 e. The molecule has 31 heavy (non-hydrogen) atoms. The van der Waals surface area contributed by atoms with E-state index in [4.69, 9.17) is 4.74 Å². The number of rotatable bonds is 5. The highest BCUT2D eigenvalue weighted by molar-refractivity contribution is 6.07. The molecule has 1 saturated heterocycles. The van der Waals surface area contributed by atoms with Crippen molar-refractivity contribution in [1.29, 1.82) is 0 Å². The monoisotopic (exact) mass is 417 g/mol. The Balaban J connectivity index is 1.30. The second-order valence-electron chi connectivity index (χ2n) is 8.92.